The second-order valence-corrected chi connectivity index (χ2v) is 6.44. The third kappa shape index (κ3) is 2.35. The molecule has 0 spiro atoms. The van der Waals surface area contributed by atoms with Crippen molar-refractivity contribution in [2.24, 2.45) is 5.84 Å². The Kier molecular flexibility index (Phi) is 3.78. The summed E-state index contributed by atoms with van der Waals surface area (Å²) < 4.78 is 5.27. The summed E-state index contributed by atoms with van der Waals surface area (Å²) in [4.78, 5) is 2.84. The normalized spacial score (nSPS) is 15.2. The van der Waals surface area contributed by atoms with E-state index < -0.39 is 0 Å². The minimum Gasteiger partial charge on any atom is -0.497 e. The van der Waals surface area contributed by atoms with Gasteiger partial charge in [-0.2, -0.15) is 0 Å². The Labute approximate surface area is 123 Å². The zero-order chi connectivity index (χ0) is 14.1. The molecule has 1 unspecified atom stereocenters. The van der Waals surface area contributed by atoms with Crippen LogP contribution in [0.2, 0.25) is 0 Å². The SMILES string of the molecule is COc1ccc(C(NN)c2cc3c(s2)CCC3)c(C)c1. The molecule has 1 aromatic carbocycles. The van der Waals surface area contributed by atoms with Gasteiger partial charge in [-0.05, 0) is 61.1 Å². The lowest BCUT2D eigenvalue weighted by Crippen LogP contribution is -2.28. The van der Waals surface area contributed by atoms with Crippen LogP contribution in [0, 0.1) is 6.92 Å². The number of nitrogens with one attached hydrogen (secondary N) is 1. The lowest BCUT2D eigenvalue weighted by atomic mass is 9.99. The molecule has 4 heteroatoms. The van der Waals surface area contributed by atoms with E-state index in [2.05, 4.69) is 30.5 Å². The average Bonchev–Trinajstić information content (AvgIpc) is 3.02. The maximum absolute atomic E-state index is 5.82. The van der Waals surface area contributed by atoms with Crippen molar-refractivity contribution in [2.75, 3.05) is 7.11 Å². The van der Waals surface area contributed by atoms with Gasteiger partial charge in [0.25, 0.3) is 0 Å². The van der Waals surface area contributed by atoms with E-state index in [1.54, 1.807) is 7.11 Å². The maximum atomic E-state index is 5.82. The second kappa shape index (κ2) is 5.56. The Bertz CT molecular complexity index is 599. The summed E-state index contributed by atoms with van der Waals surface area (Å²) in [5.74, 6) is 6.71. The Hall–Kier alpha value is -1.36. The fraction of sp³-hybridized carbons (Fsp3) is 0.375. The van der Waals surface area contributed by atoms with Crippen LogP contribution in [0.5, 0.6) is 5.75 Å². The summed E-state index contributed by atoms with van der Waals surface area (Å²) in [7, 11) is 1.69. The molecule has 1 atom stereocenters. The highest BCUT2D eigenvalue weighted by Gasteiger charge is 2.21. The van der Waals surface area contributed by atoms with Crippen LogP contribution in [-0.2, 0) is 12.8 Å². The van der Waals surface area contributed by atoms with Gasteiger partial charge in [0, 0.05) is 9.75 Å². The number of rotatable bonds is 4. The van der Waals surface area contributed by atoms with Crippen molar-refractivity contribution in [3.8, 4) is 5.75 Å². The molecule has 0 amide bonds. The Morgan fingerprint density at radius 1 is 1.30 bits per heavy atom. The molecule has 1 heterocycles. The largest absolute Gasteiger partial charge is 0.497 e. The van der Waals surface area contributed by atoms with Gasteiger partial charge in [-0.15, -0.1) is 11.3 Å². The molecule has 0 saturated heterocycles. The van der Waals surface area contributed by atoms with Crippen molar-refractivity contribution in [1.29, 1.82) is 0 Å². The molecule has 3 nitrogen and oxygen atoms in total. The van der Waals surface area contributed by atoms with Gasteiger partial charge in [-0.1, -0.05) is 6.07 Å². The standard InChI is InChI=1S/C16H20N2OS/c1-10-8-12(19-2)6-7-13(10)16(18-17)15-9-11-4-3-5-14(11)20-15/h6-9,16,18H,3-5,17H2,1-2H3. The highest BCUT2D eigenvalue weighted by atomic mass is 32.1. The van der Waals surface area contributed by atoms with Crippen molar-refractivity contribution in [1.82, 2.24) is 5.43 Å². The third-order valence-electron chi connectivity index (χ3n) is 4.00. The number of methoxy groups -OCH3 is 1. The monoisotopic (exact) mass is 288 g/mol. The van der Waals surface area contributed by atoms with E-state index >= 15 is 0 Å². The number of hydrogen-bond acceptors (Lipinski definition) is 4. The number of hydrogen-bond donors (Lipinski definition) is 2. The van der Waals surface area contributed by atoms with Gasteiger partial charge in [-0.3, -0.25) is 5.84 Å². The Balaban J connectivity index is 1.96. The molecule has 0 fully saturated rings. The zero-order valence-electron chi connectivity index (χ0n) is 11.9. The summed E-state index contributed by atoms with van der Waals surface area (Å²) in [6.45, 7) is 2.10. The molecule has 0 saturated carbocycles. The van der Waals surface area contributed by atoms with Gasteiger partial charge in [0.1, 0.15) is 5.75 Å². The van der Waals surface area contributed by atoms with Crippen LogP contribution in [0.15, 0.2) is 24.3 Å². The molecule has 3 rings (SSSR count). The number of nitrogens with two attached hydrogens (primary N) is 1. The van der Waals surface area contributed by atoms with E-state index in [-0.39, 0.29) is 6.04 Å². The van der Waals surface area contributed by atoms with Crippen molar-refractivity contribution < 1.29 is 4.74 Å². The van der Waals surface area contributed by atoms with Crippen LogP contribution in [-0.4, -0.2) is 7.11 Å². The van der Waals surface area contributed by atoms with E-state index in [0.29, 0.717) is 0 Å². The first-order valence-corrected chi connectivity index (χ1v) is 7.76. The van der Waals surface area contributed by atoms with Crippen molar-refractivity contribution in [2.45, 2.75) is 32.2 Å². The number of aryl methyl sites for hydroxylation is 3. The van der Waals surface area contributed by atoms with Crippen molar-refractivity contribution >= 4 is 11.3 Å². The van der Waals surface area contributed by atoms with Gasteiger partial charge >= 0.3 is 0 Å². The summed E-state index contributed by atoms with van der Waals surface area (Å²) in [5, 5.41) is 0. The highest BCUT2D eigenvalue weighted by Crippen LogP contribution is 2.37. The molecular formula is C16H20N2OS. The number of ether oxygens (including phenoxy) is 1. The summed E-state index contributed by atoms with van der Waals surface area (Å²) in [6.07, 6.45) is 3.73. The van der Waals surface area contributed by atoms with Crippen molar-refractivity contribution in [3.63, 3.8) is 0 Å². The van der Waals surface area contributed by atoms with Crippen LogP contribution >= 0.6 is 11.3 Å². The summed E-state index contributed by atoms with van der Waals surface area (Å²) in [6, 6.07) is 8.54. The smallest absolute Gasteiger partial charge is 0.119 e. The highest BCUT2D eigenvalue weighted by molar-refractivity contribution is 7.12. The molecule has 0 radical (unpaired) electrons. The van der Waals surface area contributed by atoms with E-state index in [1.165, 1.54) is 45.7 Å². The van der Waals surface area contributed by atoms with Crippen LogP contribution in [0.25, 0.3) is 0 Å². The maximum Gasteiger partial charge on any atom is 0.119 e. The van der Waals surface area contributed by atoms with E-state index in [1.807, 2.05) is 17.4 Å². The molecule has 1 aliphatic rings. The molecule has 20 heavy (non-hydrogen) atoms. The zero-order valence-corrected chi connectivity index (χ0v) is 12.7. The predicted molar refractivity (Wildman–Crippen MR) is 83.2 cm³/mol. The van der Waals surface area contributed by atoms with Crippen molar-refractivity contribution in [3.05, 3.63) is 50.7 Å². The average molecular weight is 288 g/mol. The number of hydrazine groups is 1. The van der Waals surface area contributed by atoms with Gasteiger partial charge in [0.05, 0.1) is 13.2 Å². The molecule has 1 aliphatic carbocycles. The number of benzene rings is 1. The second-order valence-electron chi connectivity index (χ2n) is 5.27. The molecule has 1 aromatic heterocycles. The predicted octanol–water partition coefficient (Wildman–Crippen LogP) is 3.11. The quantitative estimate of drug-likeness (QED) is 0.671. The van der Waals surface area contributed by atoms with Crippen LogP contribution in [0.3, 0.4) is 0 Å². The molecule has 2 aromatic rings. The van der Waals surface area contributed by atoms with Crippen LogP contribution in [0.4, 0.5) is 0 Å². The fourth-order valence-electron chi connectivity index (χ4n) is 2.92. The van der Waals surface area contributed by atoms with Crippen LogP contribution in [0.1, 0.15) is 38.9 Å². The Morgan fingerprint density at radius 2 is 2.15 bits per heavy atom. The Morgan fingerprint density at radius 3 is 2.80 bits per heavy atom. The van der Waals surface area contributed by atoms with Gasteiger partial charge < -0.3 is 4.74 Å². The topological polar surface area (TPSA) is 47.3 Å². The number of thiophene rings is 1. The lowest BCUT2D eigenvalue weighted by Gasteiger charge is -2.18. The molecule has 0 aliphatic heterocycles. The summed E-state index contributed by atoms with van der Waals surface area (Å²) in [5.41, 5.74) is 6.89. The fourth-order valence-corrected chi connectivity index (χ4v) is 4.26. The van der Waals surface area contributed by atoms with E-state index in [4.69, 9.17) is 10.6 Å². The van der Waals surface area contributed by atoms with Gasteiger partial charge in [-0.25, -0.2) is 5.43 Å². The molecule has 0 bridgehead atoms. The van der Waals surface area contributed by atoms with E-state index in [0.717, 1.165) is 5.75 Å². The van der Waals surface area contributed by atoms with Crippen LogP contribution < -0.4 is 16.0 Å². The van der Waals surface area contributed by atoms with Gasteiger partial charge in [0.15, 0.2) is 0 Å². The van der Waals surface area contributed by atoms with E-state index in [9.17, 15) is 0 Å². The first-order valence-electron chi connectivity index (χ1n) is 6.95. The minimum atomic E-state index is 0.0662. The molecular weight excluding hydrogens is 268 g/mol. The first kappa shape index (κ1) is 13.6. The summed E-state index contributed by atoms with van der Waals surface area (Å²) >= 11 is 1.89. The molecule has 106 valence electrons. The molecule has 3 N–H and O–H groups in total. The first-order chi connectivity index (χ1) is 9.72. The minimum absolute atomic E-state index is 0.0662. The van der Waals surface area contributed by atoms with Gasteiger partial charge in [0.2, 0.25) is 0 Å². The lowest BCUT2D eigenvalue weighted by molar-refractivity contribution is 0.414. The number of fused-ring (bicyclic) bond motifs is 1. The third-order valence-corrected chi connectivity index (χ3v) is 5.31.